The number of rotatable bonds is 8. The number of nitrogens with one attached hydrogen (secondary N) is 1. The molecule has 0 spiro atoms. The number of hydrogen-bond donors (Lipinski definition) is 2. The van der Waals surface area contributed by atoms with Gasteiger partial charge in [-0.05, 0) is 25.0 Å². The SMILES string of the molecule is CC(C)CSC(C)CC(C)(CO)NC(C)C. The van der Waals surface area contributed by atoms with E-state index in [9.17, 15) is 5.11 Å². The standard InChI is InChI=1S/C13H29NOS/c1-10(2)8-16-12(5)7-13(6,9-15)14-11(3)4/h10-12,14-15H,7-9H2,1-6H3. The number of hydrogen-bond acceptors (Lipinski definition) is 3. The lowest BCUT2D eigenvalue weighted by Crippen LogP contribution is -2.50. The summed E-state index contributed by atoms with van der Waals surface area (Å²) < 4.78 is 0. The molecule has 0 aromatic carbocycles. The first kappa shape index (κ1) is 16.3. The number of thioether (sulfide) groups is 1. The zero-order chi connectivity index (χ0) is 12.8. The van der Waals surface area contributed by atoms with Crippen LogP contribution in [-0.2, 0) is 0 Å². The molecule has 0 amide bonds. The fraction of sp³-hybridized carbons (Fsp3) is 1.00. The molecule has 16 heavy (non-hydrogen) atoms. The summed E-state index contributed by atoms with van der Waals surface area (Å²) in [5.41, 5.74) is -0.141. The summed E-state index contributed by atoms with van der Waals surface area (Å²) in [6.07, 6.45) is 1.01. The fourth-order valence-corrected chi connectivity index (χ4v) is 3.12. The number of aliphatic hydroxyl groups is 1. The molecule has 0 radical (unpaired) electrons. The zero-order valence-electron chi connectivity index (χ0n) is 11.7. The minimum Gasteiger partial charge on any atom is -0.394 e. The van der Waals surface area contributed by atoms with Crippen LogP contribution in [-0.4, -0.2) is 34.3 Å². The second-order valence-corrected chi connectivity index (χ2v) is 7.23. The predicted octanol–water partition coefficient (Wildman–Crippen LogP) is 2.90. The van der Waals surface area contributed by atoms with Gasteiger partial charge in [0.25, 0.3) is 0 Å². The predicted molar refractivity (Wildman–Crippen MR) is 75.1 cm³/mol. The van der Waals surface area contributed by atoms with Gasteiger partial charge in [-0.25, -0.2) is 0 Å². The lowest BCUT2D eigenvalue weighted by Gasteiger charge is -2.33. The van der Waals surface area contributed by atoms with Gasteiger partial charge in [-0.15, -0.1) is 0 Å². The van der Waals surface area contributed by atoms with E-state index in [1.54, 1.807) is 0 Å². The van der Waals surface area contributed by atoms with Gasteiger partial charge in [-0.2, -0.15) is 11.8 Å². The maximum absolute atomic E-state index is 9.49. The maximum atomic E-state index is 9.49. The van der Waals surface area contributed by atoms with Gasteiger partial charge < -0.3 is 10.4 Å². The zero-order valence-corrected chi connectivity index (χ0v) is 12.5. The lowest BCUT2D eigenvalue weighted by molar-refractivity contribution is 0.157. The summed E-state index contributed by atoms with van der Waals surface area (Å²) in [5, 5.41) is 13.5. The quantitative estimate of drug-likeness (QED) is 0.692. The molecule has 0 aliphatic heterocycles. The Morgan fingerprint density at radius 3 is 2.12 bits per heavy atom. The van der Waals surface area contributed by atoms with Gasteiger partial charge >= 0.3 is 0 Å². The van der Waals surface area contributed by atoms with Crippen molar-refractivity contribution >= 4 is 11.8 Å². The van der Waals surface area contributed by atoms with E-state index >= 15 is 0 Å². The smallest absolute Gasteiger partial charge is 0.0611 e. The van der Waals surface area contributed by atoms with Gasteiger partial charge in [-0.1, -0.05) is 34.6 Å². The monoisotopic (exact) mass is 247 g/mol. The summed E-state index contributed by atoms with van der Waals surface area (Å²) in [5.74, 6) is 1.94. The third-order valence-corrected chi connectivity index (χ3v) is 4.03. The van der Waals surface area contributed by atoms with Crippen LogP contribution in [0.25, 0.3) is 0 Å². The Hall–Kier alpha value is 0.270. The van der Waals surface area contributed by atoms with Crippen LogP contribution in [0, 0.1) is 5.92 Å². The Balaban J connectivity index is 4.09. The minimum absolute atomic E-state index is 0.141. The van der Waals surface area contributed by atoms with Crippen LogP contribution >= 0.6 is 11.8 Å². The van der Waals surface area contributed by atoms with Crippen LogP contribution in [0.2, 0.25) is 0 Å². The molecule has 3 heteroatoms. The third-order valence-electron chi connectivity index (χ3n) is 2.44. The second-order valence-electron chi connectivity index (χ2n) is 5.76. The summed E-state index contributed by atoms with van der Waals surface area (Å²) >= 11 is 2.00. The molecule has 0 rings (SSSR count). The highest BCUT2D eigenvalue weighted by atomic mass is 32.2. The van der Waals surface area contributed by atoms with Crippen molar-refractivity contribution in [2.75, 3.05) is 12.4 Å². The molecule has 2 unspecified atom stereocenters. The Morgan fingerprint density at radius 1 is 1.19 bits per heavy atom. The van der Waals surface area contributed by atoms with Crippen molar-refractivity contribution in [2.45, 2.75) is 64.8 Å². The van der Waals surface area contributed by atoms with Gasteiger partial charge in [0, 0.05) is 16.8 Å². The van der Waals surface area contributed by atoms with E-state index in [0.29, 0.717) is 11.3 Å². The Labute approximate surface area is 106 Å². The van der Waals surface area contributed by atoms with Crippen LogP contribution in [0.4, 0.5) is 0 Å². The lowest BCUT2D eigenvalue weighted by atomic mass is 9.96. The number of aliphatic hydroxyl groups excluding tert-OH is 1. The van der Waals surface area contributed by atoms with E-state index in [4.69, 9.17) is 0 Å². The normalized spacial score (nSPS) is 17.8. The van der Waals surface area contributed by atoms with Gasteiger partial charge in [0.15, 0.2) is 0 Å². The van der Waals surface area contributed by atoms with Crippen molar-refractivity contribution in [3.63, 3.8) is 0 Å². The van der Waals surface area contributed by atoms with E-state index in [1.807, 2.05) is 11.8 Å². The molecule has 98 valence electrons. The first-order valence-corrected chi connectivity index (χ1v) is 7.34. The molecule has 0 saturated heterocycles. The van der Waals surface area contributed by atoms with Gasteiger partial charge in [0.05, 0.1) is 6.61 Å². The first-order valence-electron chi connectivity index (χ1n) is 6.29. The highest BCUT2D eigenvalue weighted by Gasteiger charge is 2.26. The Bertz CT molecular complexity index is 185. The molecule has 0 aromatic heterocycles. The van der Waals surface area contributed by atoms with Crippen LogP contribution in [0.3, 0.4) is 0 Å². The molecule has 2 N–H and O–H groups in total. The van der Waals surface area contributed by atoms with E-state index in [-0.39, 0.29) is 12.1 Å². The van der Waals surface area contributed by atoms with Crippen molar-refractivity contribution in [2.24, 2.45) is 5.92 Å². The molecule has 2 atom stereocenters. The maximum Gasteiger partial charge on any atom is 0.0611 e. The van der Waals surface area contributed by atoms with E-state index in [2.05, 4.69) is 46.9 Å². The molecule has 0 aromatic rings. The van der Waals surface area contributed by atoms with Crippen LogP contribution in [0.15, 0.2) is 0 Å². The molecule has 0 bridgehead atoms. The Kier molecular flexibility index (Phi) is 7.70. The van der Waals surface area contributed by atoms with Crippen molar-refractivity contribution in [3.8, 4) is 0 Å². The Morgan fingerprint density at radius 2 is 1.75 bits per heavy atom. The van der Waals surface area contributed by atoms with Crippen LogP contribution < -0.4 is 5.32 Å². The highest BCUT2D eigenvalue weighted by Crippen LogP contribution is 2.23. The van der Waals surface area contributed by atoms with E-state index < -0.39 is 0 Å². The van der Waals surface area contributed by atoms with Crippen molar-refractivity contribution in [1.29, 1.82) is 0 Å². The van der Waals surface area contributed by atoms with Crippen molar-refractivity contribution in [1.82, 2.24) is 5.32 Å². The van der Waals surface area contributed by atoms with Crippen molar-refractivity contribution in [3.05, 3.63) is 0 Å². The van der Waals surface area contributed by atoms with E-state index in [0.717, 1.165) is 12.3 Å². The van der Waals surface area contributed by atoms with Gasteiger partial charge in [0.2, 0.25) is 0 Å². The molecule has 0 fully saturated rings. The molecule has 0 aliphatic carbocycles. The third kappa shape index (κ3) is 7.53. The highest BCUT2D eigenvalue weighted by molar-refractivity contribution is 7.99. The first-order chi connectivity index (χ1) is 7.29. The van der Waals surface area contributed by atoms with Crippen LogP contribution in [0.1, 0.15) is 48.0 Å². The van der Waals surface area contributed by atoms with Crippen molar-refractivity contribution < 1.29 is 5.11 Å². The van der Waals surface area contributed by atoms with Gasteiger partial charge in [-0.3, -0.25) is 0 Å². The molecule has 0 saturated carbocycles. The van der Waals surface area contributed by atoms with Gasteiger partial charge in [0.1, 0.15) is 0 Å². The van der Waals surface area contributed by atoms with E-state index in [1.165, 1.54) is 5.75 Å². The van der Waals surface area contributed by atoms with Crippen LogP contribution in [0.5, 0.6) is 0 Å². The molecular weight excluding hydrogens is 218 g/mol. The molecule has 0 heterocycles. The summed E-state index contributed by atoms with van der Waals surface area (Å²) in [6.45, 7) is 13.3. The average Bonchev–Trinajstić information content (AvgIpc) is 2.13. The largest absolute Gasteiger partial charge is 0.394 e. The molecule has 0 aliphatic rings. The second kappa shape index (κ2) is 7.57. The summed E-state index contributed by atoms with van der Waals surface area (Å²) in [6, 6.07) is 0.416. The fourth-order valence-electron chi connectivity index (χ4n) is 1.92. The molecular formula is C13H29NOS. The minimum atomic E-state index is -0.141. The summed E-state index contributed by atoms with van der Waals surface area (Å²) in [4.78, 5) is 0. The average molecular weight is 247 g/mol. The topological polar surface area (TPSA) is 32.3 Å². The molecule has 2 nitrogen and oxygen atoms in total. The summed E-state index contributed by atoms with van der Waals surface area (Å²) in [7, 11) is 0.